The van der Waals surface area contributed by atoms with Gasteiger partial charge in [-0.15, -0.1) is 11.3 Å². The SMILES string of the molecule is Cc1nc(C)c(C(C)Nc2ccc([N+](=O)[O-])c(C)c2)s1. The maximum atomic E-state index is 10.8. The van der Waals surface area contributed by atoms with Crippen molar-refractivity contribution in [1.29, 1.82) is 0 Å². The van der Waals surface area contributed by atoms with Crippen LogP contribution >= 0.6 is 11.3 Å². The lowest BCUT2D eigenvalue weighted by molar-refractivity contribution is -0.385. The zero-order chi connectivity index (χ0) is 14.9. The second kappa shape index (κ2) is 5.58. The topological polar surface area (TPSA) is 68.1 Å². The number of aryl methyl sites for hydroxylation is 3. The molecule has 1 aromatic carbocycles. The van der Waals surface area contributed by atoms with Crippen molar-refractivity contribution in [2.75, 3.05) is 5.32 Å². The first kappa shape index (κ1) is 14.5. The second-order valence-electron chi connectivity index (χ2n) is 4.81. The van der Waals surface area contributed by atoms with Crippen molar-refractivity contribution >= 4 is 22.7 Å². The van der Waals surface area contributed by atoms with Crippen LogP contribution in [-0.2, 0) is 0 Å². The zero-order valence-corrected chi connectivity index (χ0v) is 12.7. The van der Waals surface area contributed by atoms with Gasteiger partial charge in [0.15, 0.2) is 0 Å². The molecule has 0 amide bonds. The fraction of sp³-hybridized carbons (Fsp3) is 0.357. The Labute approximate surface area is 121 Å². The molecule has 0 spiro atoms. The number of thiazole rings is 1. The number of nitro groups is 1. The first-order valence-electron chi connectivity index (χ1n) is 6.34. The average Bonchev–Trinajstić information content (AvgIpc) is 2.68. The fourth-order valence-electron chi connectivity index (χ4n) is 2.21. The Morgan fingerprint density at radius 2 is 2.05 bits per heavy atom. The molecule has 2 rings (SSSR count). The van der Waals surface area contributed by atoms with Crippen molar-refractivity contribution in [1.82, 2.24) is 4.98 Å². The number of benzene rings is 1. The van der Waals surface area contributed by atoms with Crippen LogP contribution in [0.5, 0.6) is 0 Å². The number of aromatic nitrogens is 1. The van der Waals surface area contributed by atoms with Gasteiger partial charge in [0.25, 0.3) is 5.69 Å². The summed E-state index contributed by atoms with van der Waals surface area (Å²) in [7, 11) is 0. The molecule has 1 unspecified atom stereocenters. The average molecular weight is 291 g/mol. The van der Waals surface area contributed by atoms with Gasteiger partial charge in [-0.1, -0.05) is 0 Å². The Bertz CT molecular complexity index is 652. The van der Waals surface area contributed by atoms with Gasteiger partial charge < -0.3 is 5.32 Å². The molecule has 1 atom stereocenters. The summed E-state index contributed by atoms with van der Waals surface area (Å²) in [6, 6.07) is 5.21. The molecule has 0 saturated carbocycles. The number of hydrogen-bond donors (Lipinski definition) is 1. The van der Waals surface area contributed by atoms with E-state index in [1.165, 1.54) is 10.9 Å². The van der Waals surface area contributed by atoms with E-state index in [4.69, 9.17) is 0 Å². The Morgan fingerprint density at radius 3 is 2.55 bits per heavy atom. The summed E-state index contributed by atoms with van der Waals surface area (Å²) >= 11 is 1.67. The summed E-state index contributed by atoms with van der Waals surface area (Å²) in [5, 5.41) is 15.2. The Morgan fingerprint density at radius 1 is 1.35 bits per heavy atom. The smallest absolute Gasteiger partial charge is 0.272 e. The minimum atomic E-state index is -0.362. The predicted octanol–water partition coefficient (Wildman–Crippen LogP) is 4.15. The lowest BCUT2D eigenvalue weighted by Gasteiger charge is -2.14. The van der Waals surface area contributed by atoms with Crippen LogP contribution in [0.2, 0.25) is 0 Å². The minimum absolute atomic E-state index is 0.127. The summed E-state index contributed by atoms with van der Waals surface area (Å²) in [5.41, 5.74) is 2.72. The van der Waals surface area contributed by atoms with Crippen LogP contribution in [0.25, 0.3) is 0 Å². The van der Waals surface area contributed by atoms with E-state index in [9.17, 15) is 10.1 Å². The summed E-state index contributed by atoms with van der Waals surface area (Å²) in [6.07, 6.45) is 0. The third kappa shape index (κ3) is 2.96. The van der Waals surface area contributed by atoms with Gasteiger partial charge in [-0.25, -0.2) is 4.98 Å². The van der Waals surface area contributed by atoms with Crippen LogP contribution in [0, 0.1) is 30.9 Å². The van der Waals surface area contributed by atoms with Gasteiger partial charge in [0.1, 0.15) is 0 Å². The molecule has 0 fully saturated rings. The molecule has 0 aliphatic heterocycles. The number of nitrogens with one attached hydrogen (secondary N) is 1. The Hall–Kier alpha value is -1.95. The number of nitrogens with zero attached hydrogens (tertiary/aromatic N) is 2. The molecule has 0 bridgehead atoms. The van der Waals surface area contributed by atoms with Gasteiger partial charge in [-0.2, -0.15) is 0 Å². The van der Waals surface area contributed by atoms with Crippen LogP contribution in [0.4, 0.5) is 11.4 Å². The number of anilines is 1. The molecular formula is C14H17N3O2S. The molecule has 0 radical (unpaired) electrons. The van der Waals surface area contributed by atoms with E-state index >= 15 is 0 Å². The third-order valence-electron chi connectivity index (χ3n) is 3.11. The highest BCUT2D eigenvalue weighted by molar-refractivity contribution is 7.11. The summed E-state index contributed by atoms with van der Waals surface area (Å²) in [4.78, 5) is 16.1. The molecule has 1 N–H and O–H groups in total. The molecule has 5 nitrogen and oxygen atoms in total. The van der Waals surface area contributed by atoms with Gasteiger partial charge in [0.05, 0.1) is 21.7 Å². The van der Waals surface area contributed by atoms with E-state index in [2.05, 4.69) is 17.2 Å². The van der Waals surface area contributed by atoms with Crippen molar-refractivity contribution in [3.8, 4) is 0 Å². The predicted molar refractivity (Wildman–Crippen MR) is 81.5 cm³/mol. The molecule has 106 valence electrons. The van der Waals surface area contributed by atoms with Gasteiger partial charge in [0.2, 0.25) is 0 Å². The highest BCUT2D eigenvalue weighted by atomic mass is 32.1. The number of rotatable bonds is 4. The fourth-order valence-corrected chi connectivity index (χ4v) is 3.14. The lowest BCUT2D eigenvalue weighted by atomic mass is 10.1. The zero-order valence-electron chi connectivity index (χ0n) is 11.9. The van der Waals surface area contributed by atoms with E-state index in [-0.39, 0.29) is 16.7 Å². The first-order valence-corrected chi connectivity index (χ1v) is 7.15. The Balaban J connectivity index is 2.20. The second-order valence-corrected chi connectivity index (χ2v) is 6.04. The molecule has 0 aliphatic carbocycles. The van der Waals surface area contributed by atoms with Crippen molar-refractivity contribution in [2.24, 2.45) is 0 Å². The van der Waals surface area contributed by atoms with Gasteiger partial charge in [0, 0.05) is 22.2 Å². The maximum absolute atomic E-state index is 10.8. The largest absolute Gasteiger partial charge is 0.378 e. The number of nitro benzene ring substituents is 1. The molecule has 1 heterocycles. The molecule has 0 saturated heterocycles. The first-order chi connectivity index (χ1) is 9.38. The quantitative estimate of drug-likeness (QED) is 0.678. The highest BCUT2D eigenvalue weighted by Crippen LogP contribution is 2.29. The molecular weight excluding hydrogens is 274 g/mol. The van der Waals surface area contributed by atoms with Gasteiger partial charge >= 0.3 is 0 Å². The van der Waals surface area contributed by atoms with E-state index < -0.39 is 0 Å². The monoisotopic (exact) mass is 291 g/mol. The molecule has 0 aliphatic rings. The summed E-state index contributed by atoms with van der Waals surface area (Å²) in [5.74, 6) is 0. The van der Waals surface area contributed by atoms with Crippen molar-refractivity contribution in [3.05, 3.63) is 49.5 Å². The van der Waals surface area contributed by atoms with Crippen molar-refractivity contribution in [2.45, 2.75) is 33.7 Å². The van der Waals surface area contributed by atoms with Crippen LogP contribution < -0.4 is 5.32 Å². The van der Waals surface area contributed by atoms with Crippen molar-refractivity contribution < 1.29 is 4.92 Å². The Kier molecular flexibility index (Phi) is 4.04. The van der Waals surface area contributed by atoms with Crippen molar-refractivity contribution in [3.63, 3.8) is 0 Å². The van der Waals surface area contributed by atoms with Crippen LogP contribution in [-0.4, -0.2) is 9.91 Å². The van der Waals surface area contributed by atoms with Crippen LogP contribution in [0.1, 0.15) is 34.1 Å². The normalized spacial score (nSPS) is 12.2. The maximum Gasteiger partial charge on any atom is 0.272 e. The van der Waals surface area contributed by atoms with E-state index in [1.54, 1.807) is 30.4 Å². The molecule has 6 heteroatoms. The molecule has 1 aromatic heterocycles. The van der Waals surface area contributed by atoms with Crippen LogP contribution in [0.15, 0.2) is 18.2 Å². The number of hydrogen-bond acceptors (Lipinski definition) is 5. The van der Waals surface area contributed by atoms with E-state index in [0.717, 1.165) is 16.4 Å². The van der Waals surface area contributed by atoms with E-state index in [1.807, 2.05) is 13.8 Å². The van der Waals surface area contributed by atoms with Gasteiger partial charge in [-0.05, 0) is 39.8 Å². The minimum Gasteiger partial charge on any atom is -0.378 e. The summed E-state index contributed by atoms with van der Waals surface area (Å²) < 4.78 is 0. The molecule has 2 aromatic rings. The summed E-state index contributed by atoms with van der Waals surface area (Å²) in [6.45, 7) is 7.80. The van der Waals surface area contributed by atoms with Gasteiger partial charge in [-0.3, -0.25) is 10.1 Å². The standard InChI is InChI=1S/C14H17N3O2S/c1-8-7-12(5-6-13(8)17(18)19)16-10(3)14-9(2)15-11(4)20-14/h5-7,10,16H,1-4H3. The lowest BCUT2D eigenvalue weighted by Crippen LogP contribution is -2.06. The molecule has 20 heavy (non-hydrogen) atoms. The third-order valence-corrected chi connectivity index (χ3v) is 4.36. The van der Waals surface area contributed by atoms with Crippen LogP contribution in [0.3, 0.4) is 0 Å². The highest BCUT2D eigenvalue weighted by Gasteiger charge is 2.15. The van der Waals surface area contributed by atoms with E-state index in [0.29, 0.717) is 5.56 Å².